The van der Waals surface area contributed by atoms with Crippen molar-refractivity contribution in [1.29, 1.82) is 0 Å². The van der Waals surface area contributed by atoms with Gasteiger partial charge in [0, 0.05) is 32.2 Å². The van der Waals surface area contributed by atoms with Crippen LogP contribution >= 0.6 is 0 Å². The minimum atomic E-state index is -0.318. The molecule has 0 saturated carbocycles. The Balaban J connectivity index is 2.22. The van der Waals surface area contributed by atoms with Crippen molar-refractivity contribution in [3.05, 3.63) is 12.4 Å². The average Bonchev–Trinajstić information content (AvgIpc) is 2.70. The van der Waals surface area contributed by atoms with Crippen LogP contribution in [0.5, 0.6) is 0 Å². The summed E-state index contributed by atoms with van der Waals surface area (Å²) in [7, 11) is 1.81. The van der Waals surface area contributed by atoms with E-state index in [1.807, 2.05) is 18.0 Å². The third-order valence-electron chi connectivity index (χ3n) is 2.87. The summed E-state index contributed by atoms with van der Waals surface area (Å²) in [5.41, 5.74) is 5.68. The Labute approximate surface area is 94.5 Å². The molecule has 6 heteroatoms. The van der Waals surface area contributed by atoms with Crippen molar-refractivity contribution in [2.75, 3.05) is 30.4 Å². The highest BCUT2D eigenvalue weighted by atomic mass is 16.3. The summed E-state index contributed by atoms with van der Waals surface area (Å²) in [5.74, 6) is 1.58. The molecule has 1 saturated heterocycles. The number of aliphatic hydroxyl groups excluding tert-OH is 1. The largest absolute Gasteiger partial charge is 0.391 e. The van der Waals surface area contributed by atoms with Gasteiger partial charge in [0.2, 0.25) is 0 Å². The lowest BCUT2D eigenvalue weighted by molar-refractivity contribution is 0.194. The van der Waals surface area contributed by atoms with Gasteiger partial charge >= 0.3 is 0 Å². The Morgan fingerprint density at radius 1 is 1.62 bits per heavy atom. The zero-order valence-electron chi connectivity index (χ0n) is 9.30. The fourth-order valence-corrected chi connectivity index (χ4v) is 2.04. The number of aromatic nitrogens is 2. The summed E-state index contributed by atoms with van der Waals surface area (Å²) >= 11 is 0. The van der Waals surface area contributed by atoms with E-state index in [2.05, 4.69) is 15.3 Å². The van der Waals surface area contributed by atoms with Gasteiger partial charge in [-0.25, -0.2) is 9.97 Å². The van der Waals surface area contributed by atoms with E-state index < -0.39 is 0 Å². The van der Waals surface area contributed by atoms with Crippen molar-refractivity contribution in [1.82, 2.24) is 9.97 Å². The van der Waals surface area contributed by atoms with Crippen LogP contribution in [0.2, 0.25) is 0 Å². The zero-order valence-corrected chi connectivity index (χ0v) is 9.30. The first-order chi connectivity index (χ1) is 7.74. The van der Waals surface area contributed by atoms with Gasteiger partial charge in [0.1, 0.15) is 18.0 Å². The Hall–Kier alpha value is -1.40. The molecule has 1 aliphatic rings. The Morgan fingerprint density at radius 2 is 2.44 bits per heavy atom. The number of nitrogens with one attached hydrogen (secondary N) is 1. The summed E-state index contributed by atoms with van der Waals surface area (Å²) in [6, 6.07) is 2.02. The van der Waals surface area contributed by atoms with Gasteiger partial charge in [-0.1, -0.05) is 0 Å². The van der Waals surface area contributed by atoms with Crippen LogP contribution < -0.4 is 16.0 Å². The summed E-state index contributed by atoms with van der Waals surface area (Å²) < 4.78 is 0. The number of aliphatic hydroxyl groups is 1. The Morgan fingerprint density at radius 3 is 3.12 bits per heavy atom. The van der Waals surface area contributed by atoms with Crippen molar-refractivity contribution in [3.63, 3.8) is 0 Å². The van der Waals surface area contributed by atoms with Crippen LogP contribution in [0.1, 0.15) is 6.42 Å². The van der Waals surface area contributed by atoms with Gasteiger partial charge in [0.05, 0.1) is 6.10 Å². The molecule has 0 radical (unpaired) electrons. The third kappa shape index (κ3) is 2.07. The van der Waals surface area contributed by atoms with Crippen LogP contribution in [0.25, 0.3) is 0 Å². The van der Waals surface area contributed by atoms with E-state index in [1.165, 1.54) is 6.33 Å². The predicted octanol–water partition coefficient (Wildman–Crippen LogP) is -0.583. The molecule has 2 heterocycles. The van der Waals surface area contributed by atoms with E-state index >= 15 is 0 Å². The highest BCUT2D eigenvalue weighted by Crippen LogP contribution is 2.24. The maximum absolute atomic E-state index is 9.63. The van der Waals surface area contributed by atoms with Crippen molar-refractivity contribution >= 4 is 11.6 Å². The van der Waals surface area contributed by atoms with Gasteiger partial charge in [0.25, 0.3) is 0 Å². The third-order valence-corrected chi connectivity index (χ3v) is 2.87. The normalized spacial score (nSPS) is 24.8. The molecule has 6 nitrogen and oxygen atoms in total. The SMILES string of the molecule is CNc1cc(N2C[C@H](O)C[C@@H]2CN)ncn1. The minimum Gasteiger partial charge on any atom is -0.391 e. The Kier molecular flexibility index (Phi) is 3.21. The number of nitrogens with two attached hydrogens (primary N) is 1. The van der Waals surface area contributed by atoms with Crippen molar-refractivity contribution in [3.8, 4) is 0 Å². The number of hydrogen-bond acceptors (Lipinski definition) is 6. The van der Waals surface area contributed by atoms with Crippen LogP contribution in [0.15, 0.2) is 12.4 Å². The smallest absolute Gasteiger partial charge is 0.134 e. The number of nitrogens with zero attached hydrogens (tertiary/aromatic N) is 3. The lowest BCUT2D eigenvalue weighted by atomic mass is 10.2. The Bertz CT molecular complexity index is 359. The second kappa shape index (κ2) is 4.63. The van der Waals surface area contributed by atoms with E-state index in [-0.39, 0.29) is 12.1 Å². The van der Waals surface area contributed by atoms with Gasteiger partial charge < -0.3 is 21.1 Å². The molecule has 0 amide bonds. The van der Waals surface area contributed by atoms with Crippen LogP contribution in [0, 0.1) is 0 Å². The van der Waals surface area contributed by atoms with E-state index in [9.17, 15) is 5.11 Å². The van der Waals surface area contributed by atoms with Crippen LogP contribution in [-0.4, -0.2) is 47.4 Å². The number of hydrogen-bond donors (Lipinski definition) is 3. The lowest BCUT2D eigenvalue weighted by Crippen LogP contribution is -2.36. The molecule has 2 atom stereocenters. The number of anilines is 2. The van der Waals surface area contributed by atoms with E-state index in [0.29, 0.717) is 19.5 Å². The van der Waals surface area contributed by atoms with Gasteiger partial charge in [-0.05, 0) is 6.42 Å². The summed E-state index contributed by atoms with van der Waals surface area (Å²) in [5, 5.41) is 12.6. The van der Waals surface area contributed by atoms with E-state index in [0.717, 1.165) is 11.6 Å². The molecule has 1 fully saturated rings. The monoisotopic (exact) mass is 223 g/mol. The number of β-amino-alcohol motifs (C(OH)–C–C–N with tert-alkyl or cyclic N) is 1. The molecule has 1 aromatic heterocycles. The van der Waals surface area contributed by atoms with Gasteiger partial charge in [0.15, 0.2) is 0 Å². The average molecular weight is 223 g/mol. The fourth-order valence-electron chi connectivity index (χ4n) is 2.04. The summed E-state index contributed by atoms with van der Waals surface area (Å²) in [6.07, 6.45) is 1.90. The van der Waals surface area contributed by atoms with E-state index in [1.54, 1.807) is 0 Å². The molecule has 0 aliphatic carbocycles. The molecule has 0 unspecified atom stereocenters. The molecular formula is C10H17N5O. The summed E-state index contributed by atoms with van der Waals surface area (Å²) in [4.78, 5) is 10.3. The van der Waals surface area contributed by atoms with Crippen LogP contribution in [-0.2, 0) is 0 Å². The van der Waals surface area contributed by atoms with Crippen molar-refractivity contribution in [2.45, 2.75) is 18.6 Å². The highest BCUT2D eigenvalue weighted by Gasteiger charge is 2.30. The van der Waals surface area contributed by atoms with Crippen molar-refractivity contribution < 1.29 is 5.11 Å². The van der Waals surface area contributed by atoms with Gasteiger partial charge in [-0.15, -0.1) is 0 Å². The molecule has 4 N–H and O–H groups in total. The molecule has 88 valence electrons. The molecule has 2 rings (SSSR count). The van der Waals surface area contributed by atoms with Crippen molar-refractivity contribution in [2.24, 2.45) is 5.73 Å². The molecule has 0 bridgehead atoms. The topological polar surface area (TPSA) is 87.3 Å². The number of rotatable bonds is 3. The first kappa shape index (κ1) is 11.1. The molecular weight excluding hydrogens is 206 g/mol. The first-order valence-electron chi connectivity index (χ1n) is 5.39. The highest BCUT2D eigenvalue weighted by molar-refractivity contribution is 5.49. The molecule has 0 spiro atoms. The summed E-state index contributed by atoms with van der Waals surface area (Å²) in [6.45, 7) is 1.11. The first-order valence-corrected chi connectivity index (χ1v) is 5.39. The quantitative estimate of drug-likeness (QED) is 0.635. The molecule has 16 heavy (non-hydrogen) atoms. The maximum atomic E-state index is 9.63. The van der Waals surface area contributed by atoms with Crippen LogP contribution in [0.3, 0.4) is 0 Å². The second-order valence-corrected chi connectivity index (χ2v) is 3.94. The predicted molar refractivity (Wildman–Crippen MR) is 62.4 cm³/mol. The van der Waals surface area contributed by atoms with E-state index in [4.69, 9.17) is 5.73 Å². The minimum absolute atomic E-state index is 0.162. The molecule has 1 aromatic rings. The van der Waals surface area contributed by atoms with Gasteiger partial charge in [-0.3, -0.25) is 0 Å². The molecule has 1 aliphatic heterocycles. The molecule has 0 aromatic carbocycles. The second-order valence-electron chi connectivity index (χ2n) is 3.94. The fraction of sp³-hybridized carbons (Fsp3) is 0.600. The maximum Gasteiger partial charge on any atom is 0.134 e. The zero-order chi connectivity index (χ0) is 11.5. The van der Waals surface area contributed by atoms with Gasteiger partial charge in [-0.2, -0.15) is 0 Å². The van der Waals surface area contributed by atoms with Crippen LogP contribution in [0.4, 0.5) is 11.6 Å². The lowest BCUT2D eigenvalue weighted by Gasteiger charge is -2.24. The standard InChI is InChI=1S/C10H17N5O/c1-12-9-3-10(14-6-13-9)15-5-8(16)2-7(15)4-11/h3,6-8,16H,2,4-5,11H2,1H3,(H,12,13,14)/t7-,8-/m1/s1.